The van der Waals surface area contributed by atoms with E-state index in [1.807, 2.05) is 24.0 Å². The largest absolute Gasteiger partial charge is 0.392 e. The average molecular weight is 329 g/mol. The third-order valence-electron chi connectivity index (χ3n) is 5.77. The number of piperidine rings is 1. The maximum absolute atomic E-state index is 12.9. The molecule has 3 heterocycles. The lowest BCUT2D eigenvalue weighted by Crippen LogP contribution is -2.62. The summed E-state index contributed by atoms with van der Waals surface area (Å²) in [5.74, 6) is 0.0332. The lowest BCUT2D eigenvalue weighted by Gasteiger charge is -2.56. The van der Waals surface area contributed by atoms with Crippen molar-refractivity contribution in [1.82, 2.24) is 14.9 Å². The van der Waals surface area contributed by atoms with Gasteiger partial charge in [-0.1, -0.05) is 0 Å². The standard InChI is InChI=1S/C18H23N3O3/c1-2-24-15-10-14(22)18(15)5-8-21(9-6-18)17(23)13-11-20-16-12(13)4-3-7-19-16/h3-4,7,11,14-15,22H,2,5-6,8-10H2,1H3,(H,19,20)/t14-,15-/m1/s1. The number of pyridine rings is 1. The molecule has 1 aliphatic heterocycles. The van der Waals surface area contributed by atoms with Gasteiger partial charge in [0.2, 0.25) is 0 Å². The summed E-state index contributed by atoms with van der Waals surface area (Å²) in [7, 11) is 0. The molecule has 0 aromatic carbocycles. The first-order chi connectivity index (χ1) is 11.7. The second kappa shape index (κ2) is 5.86. The molecule has 1 spiro atoms. The number of fused-ring (bicyclic) bond motifs is 1. The highest BCUT2D eigenvalue weighted by atomic mass is 16.5. The van der Waals surface area contributed by atoms with Crippen molar-refractivity contribution in [3.05, 3.63) is 30.1 Å². The van der Waals surface area contributed by atoms with E-state index in [1.165, 1.54) is 0 Å². The van der Waals surface area contributed by atoms with Crippen molar-refractivity contribution in [1.29, 1.82) is 0 Å². The van der Waals surface area contributed by atoms with Crippen molar-refractivity contribution in [2.24, 2.45) is 5.41 Å². The van der Waals surface area contributed by atoms with Crippen molar-refractivity contribution in [2.75, 3.05) is 19.7 Å². The van der Waals surface area contributed by atoms with Gasteiger partial charge in [0.25, 0.3) is 5.91 Å². The summed E-state index contributed by atoms with van der Waals surface area (Å²) >= 11 is 0. The maximum Gasteiger partial charge on any atom is 0.256 e. The summed E-state index contributed by atoms with van der Waals surface area (Å²) in [6.07, 6.45) is 5.59. The number of hydrogen-bond acceptors (Lipinski definition) is 4. The van der Waals surface area contributed by atoms with Crippen LogP contribution in [0.4, 0.5) is 0 Å². The molecule has 0 unspecified atom stereocenters. The van der Waals surface area contributed by atoms with E-state index < -0.39 is 0 Å². The lowest BCUT2D eigenvalue weighted by molar-refractivity contribution is -0.207. The number of aromatic nitrogens is 2. The third-order valence-corrected chi connectivity index (χ3v) is 5.77. The van der Waals surface area contributed by atoms with Crippen LogP contribution in [0.25, 0.3) is 11.0 Å². The van der Waals surface area contributed by atoms with Gasteiger partial charge in [-0.25, -0.2) is 4.98 Å². The van der Waals surface area contributed by atoms with Crippen LogP contribution in [0.2, 0.25) is 0 Å². The fourth-order valence-corrected chi connectivity index (χ4v) is 4.25. The molecule has 2 aliphatic rings. The van der Waals surface area contributed by atoms with E-state index in [-0.39, 0.29) is 23.5 Å². The smallest absolute Gasteiger partial charge is 0.256 e. The molecule has 4 rings (SSSR count). The van der Waals surface area contributed by atoms with Gasteiger partial charge in [-0.15, -0.1) is 0 Å². The topological polar surface area (TPSA) is 78.5 Å². The number of H-pyrrole nitrogens is 1. The summed E-state index contributed by atoms with van der Waals surface area (Å²) in [6, 6.07) is 3.76. The van der Waals surface area contributed by atoms with Gasteiger partial charge in [0.05, 0.1) is 17.8 Å². The van der Waals surface area contributed by atoms with Crippen molar-refractivity contribution in [3.8, 4) is 0 Å². The Hall–Kier alpha value is -1.92. The summed E-state index contributed by atoms with van der Waals surface area (Å²) < 4.78 is 5.79. The van der Waals surface area contributed by atoms with Crippen molar-refractivity contribution < 1.29 is 14.6 Å². The maximum atomic E-state index is 12.9. The number of nitrogens with one attached hydrogen (secondary N) is 1. The number of aromatic amines is 1. The highest BCUT2D eigenvalue weighted by Gasteiger charge is 2.56. The first-order valence-electron chi connectivity index (χ1n) is 8.67. The quantitative estimate of drug-likeness (QED) is 0.902. The monoisotopic (exact) mass is 329 g/mol. The van der Waals surface area contributed by atoms with E-state index in [4.69, 9.17) is 4.74 Å². The van der Waals surface area contributed by atoms with Crippen LogP contribution in [0.5, 0.6) is 0 Å². The highest BCUT2D eigenvalue weighted by molar-refractivity contribution is 6.05. The van der Waals surface area contributed by atoms with Crippen LogP contribution in [0.1, 0.15) is 36.5 Å². The summed E-state index contributed by atoms with van der Waals surface area (Å²) in [6.45, 7) is 3.98. The Labute approximate surface area is 140 Å². The molecule has 1 saturated heterocycles. The zero-order chi connectivity index (χ0) is 16.7. The Morgan fingerprint density at radius 3 is 3.00 bits per heavy atom. The normalized spacial score (nSPS) is 25.8. The van der Waals surface area contributed by atoms with Gasteiger partial charge in [0, 0.05) is 49.3 Å². The van der Waals surface area contributed by atoms with Crippen LogP contribution in [0.15, 0.2) is 24.5 Å². The Balaban J connectivity index is 1.49. The SMILES string of the molecule is CCO[C@@H]1C[C@@H](O)C12CCN(C(=O)c1c[nH]c3ncccc13)CC2. The van der Waals surface area contributed by atoms with E-state index in [2.05, 4.69) is 9.97 Å². The fraction of sp³-hybridized carbons (Fsp3) is 0.556. The van der Waals surface area contributed by atoms with Crippen LogP contribution in [-0.2, 0) is 4.74 Å². The Morgan fingerprint density at radius 2 is 2.29 bits per heavy atom. The first-order valence-corrected chi connectivity index (χ1v) is 8.67. The van der Waals surface area contributed by atoms with Crippen LogP contribution in [0, 0.1) is 5.41 Å². The predicted molar refractivity (Wildman–Crippen MR) is 89.7 cm³/mol. The first kappa shape index (κ1) is 15.6. The number of aliphatic hydroxyl groups excluding tert-OH is 1. The number of amides is 1. The number of likely N-dealkylation sites (tertiary alicyclic amines) is 1. The number of ether oxygens (including phenoxy) is 1. The second-order valence-corrected chi connectivity index (χ2v) is 6.82. The molecule has 2 aromatic rings. The van der Waals surface area contributed by atoms with E-state index >= 15 is 0 Å². The lowest BCUT2D eigenvalue weighted by atomic mass is 9.58. The summed E-state index contributed by atoms with van der Waals surface area (Å²) in [5.41, 5.74) is 1.25. The number of nitrogens with zero attached hydrogens (tertiary/aromatic N) is 2. The summed E-state index contributed by atoms with van der Waals surface area (Å²) in [5, 5.41) is 11.1. The van der Waals surface area contributed by atoms with Gasteiger partial charge >= 0.3 is 0 Å². The Morgan fingerprint density at radius 1 is 1.50 bits per heavy atom. The van der Waals surface area contributed by atoms with E-state index in [1.54, 1.807) is 12.4 Å². The Bertz CT molecular complexity index is 747. The van der Waals surface area contributed by atoms with Crippen LogP contribution in [-0.4, -0.2) is 57.8 Å². The van der Waals surface area contributed by atoms with Crippen molar-refractivity contribution in [3.63, 3.8) is 0 Å². The molecular formula is C18H23N3O3. The van der Waals surface area contributed by atoms with Crippen LogP contribution >= 0.6 is 0 Å². The van der Waals surface area contributed by atoms with E-state index in [0.29, 0.717) is 25.3 Å². The molecule has 2 N–H and O–H groups in total. The molecule has 0 bridgehead atoms. The molecule has 128 valence electrons. The van der Waals surface area contributed by atoms with Crippen molar-refractivity contribution >= 4 is 16.9 Å². The molecule has 24 heavy (non-hydrogen) atoms. The number of hydrogen-bond donors (Lipinski definition) is 2. The third kappa shape index (κ3) is 2.24. The Kier molecular flexibility index (Phi) is 3.81. The summed E-state index contributed by atoms with van der Waals surface area (Å²) in [4.78, 5) is 22.0. The molecule has 1 amide bonds. The molecule has 2 atom stereocenters. The number of carbonyl (C=O) groups is 1. The van der Waals surface area contributed by atoms with Gasteiger partial charge in [-0.2, -0.15) is 0 Å². The average Bonchev–Trinajstić information content (AvgIpc) is 3.05. The van der Waals surface area contributed by atoms with Crippen molar-refractivity contribution in [2.45, 2.75) is 38.4 Å². The molecular weight excluding hydrogens is 306 g/mol. The van der Waals surface area contributed by atoms with Crippen LogP contribution < -0.4 is 0 Å². The fourth-order valence-electron chi connectivity index (χ4n) is 4.25. The van der Waals surface area contributed by atoms with Gasteiger partial charge in [0.15, 0.2) is 0 Å². The number of carbonyl (C=O) groups excluding carboxylic acids is 1. The molecule has 6 heteroatoms. The van der Waals surface area contributed by atoms with Gasteiger partial charge in [-0.3, -0.25) is 4.79 Å². The molecule has 2 aromatic heterocycles. The predicted octanol–water partition coefficient (Wildman–Crippen LogP) is 1.95. The molecule has 2 fully saturated rings. The number of aliphatic hydroxyl groups is 1. The zero-order valence-corrected chi connectivity index (χ0v) is 13.9. The highest BCUT2D eigenvalue weighted by Crippen LogP contribution is 2.51. The molecule has 6 nitrogen and oxygen atoms in total. The van der Waals surface area contributed by atoms with Crippen LogP contribution in [0.3, 0.4) is 0 Å². The minimum absolute atomic E-state index is 0.0332. The van der Waals surface area contributed by atoms with Gasteiger partial charge in [0.1, 0.15) is 5.65 Å². The van der Waals surface area contributed by atoms with E-state index in [0.717, 1.165) is 30.3 Å². The van der Waals surface area contributed by atoms with Gasteiger partial charge < -0.3 is 19.7 Å². The molecule has 0 radical (unpaired) electrons. The molecule has 1 saturated carbocycles. The minimum atomic E-state index is -0.302. The van der Waals surface area contributed by atoms with Gasteiger partial charge in [-0.05, 0) is 31.9 Å². The minimum Gasteiger partial charge on any atom is -0.392 e. The molecule has 1 aliphatic carbocycles. The zero-order valence-electron chi connectivity index (χ0n) is 13.9. The van der Waals surface area contributed by atoms with E-state index in [9.17, 15) is 9.90 Å². The number of rotatable bonds is 3. The second-order valence-electron chi connectivity index (χ2n) is 6.82.